The fourth-order valence-electron chi connectivity index (χ4n) is 3.10. The third-order valence-electron chi connectivity index (χ3n) is 3.86. The van der Waals surface area contributed by atoms with E-state index in [1.165, 1.54) is 0 Å². The molecule has 0 N–H and O–H groups in total. The van der Waals surface area contributed by atoms with E-state index in [-0.39, 0.29) is 0 Å². The van der Waals surface area contributed by atoms with E-state index in [4.69, 9.17) is 0 Å². The summed E-state index contributed by atoms with van der Waals surface area (Å²) < 4.78 is 0. The van der Waals surface area contributed by atoms with Crippen molar-refractivity contribution >= 4 is 0 Å². The maximum atomic E-state index is 2.40. The normalized spacial score (nSPS) is 43.4. The van der Waals surface area contributed by atoms with Gasteiger partial charge in [0.1, 0.15) is 0 Å². The average molecular weight is 152 g/mol. The van der Waals surface area contributed by atoms with Crippen LogP contribution in [-0.2, 0) is 0 Å². The maximum absolute atomic E-state index is 2.40. The molecule has 0 aliphatic heterocycles. The SMILES string of the molecule is CC(C)C1C[C@H]2CC[C@@H](C1)C2. The minimum atomic E-state index is 0.943. The third-order valence-corrected chi connectivity index (χ3v) is 3.86. The first-order valence-corrected chi connectivity index (χ1v) is 5.25. The van der Waals surface area contributed by atoms with Gasteiger partial charge in [-0.3, -0.25) is 0 Å². The van der Waals surface area contributed by atoms with Crippen molar-refractivity contribution in [3.05, 3.63) is 0 Å². The van der Waals surface area contributed by atoms with E-state index in [2.05, 4.69) is 13.8 Å². The summed E-state index contributed by atoms with van der Waals surface area (Å²) in [5, 5.41) is 0. The van der Waals surface area contributed by atoms with Crippen LogP contribution in [0.5, 0.6) is 0 Å². The van der Waals surface area contributed by atoms with Crippen LogP contribution in [0.15, 0.2) is 0 Å². The summed E-state index contributed by atoms with van der Waals surface area (Å²) in [7, 11) is 0. The highest BCUT2D eigenvalue weighted by atomic mass is 14.4. The zero-order valence-corrected chi connectivity index (χ0v) is 7.84. The van der Waals surface area contributed by atoms with Crippen LogP contribution in [-0.4, -0.2) is 0 Å². The molecule has 64 valence electrons. The predicted octanol–water partition coefficient (Wildman–Crippen LogP) is 3.47. The molecule has 2 rings (SSSR count). The van der Waals surface area contributed by atoms with E-state index in [1.807, 2.05) is 0 Å². The number of hydrogen-bond acceptors (Lipinski definition) is 0. The van der Waals surface area contributed by atoms with Crippen molar-refractivity contribution in [2.75, 3.05) is 0 Å². The van der Waals surface area contributed by atoms with Gasteiger partial charge in [-0.1, -0.05) is 26.7 Å². The lowest BCUT2D eigenvalue weighted by Gasteiger charge is -2.30. The maximum Gasteiger partial charge on any atom is -0.0386 e. The summed E-state index contributed by atoms with van der Waals surface area (Å²) in [5.74, 6) is 4.27. The van der Waals surface area contributed by atoms with Gasteiger partial charge in [0.05, 0.1) is 0 Å². The molecular formula is C11H20. The van der Waals surface area contributed by atoms with Gasteiger partial charge in [-0.25, -0.2) is 0 Å². The van der Waals surface area contributed by atoms with Crippen LogP contribution in [0, 0.1) is 23.7 Å². The number of hydrogen-bond donors (Lipinski definition) is 0. The summed E-state index contributed by atoms with van der Waals surface area (Å²) in [6.45, 7) is 4.80. The minimum Gasteiger partial charge on any atom is -0.0625 e. The van der Waals surface area contributed by atoms with Gasteiger partial charge in [0, 0.05) is 0 Å². The molecule has 1 unspecified atom stereocenters. The highest BCUT2D eigenvalue weighted by Gasteiger charge is 2.34. The molecule has 0 radical (unpaired) electrons. The molecule has 0 aromatic rings. The van der Waals surface area contributed by atoms with Gasteiger partial charge in [-0.2, -0.15) is 0 Å². The Bertz CT molecular complexity index is 125. The Morgan fingerprint density at radius 1 is 0.909 bits per heavy atom. The average Bonchev–Trinajstić information content (AvgIpc) is 2.30. The van der Waals surface area contributed by atoms with E-state index >= 15 is 0 Å². The summed E-state index contributed by atoms with van der Waals surface area (Å²) in [4.78, 5) is 0. The molecule has 0 spiro atoms. The molecule has 0 amide bonds. The predicted molar refractivity (Wildman–Crippen MR) is 48.4 cm³/mol. The van der Waals surface area contributed by atoms with Crippen LogP contribution >= 0.6 is 0 Å². The number of fused-ring (bicyclic) bond motifs is 2. The van der Waals surface area contributed by atoms with Crippen LogP contribution in [0.1, 0.15) is 46.0 Å². The van der Waals surface area contributed by atoms with Gasteiger partial charge >= 0.3 is 0 Å². The largest absolute Gasteiger partial charge is 0.0625 e. The van der Waals surface area contributed by atoms with Crippen LogP contribution < -0.4 is 0 Å². The molecule has 2 fully saturated rings. The number of rotatable bonds is 1. The molecule has 0 saturated heterocycles. The van der Waals surface area contributed by atoms with Crippen LogP contribution in [0.4, 0.5) is 0 Å². The molecule has 3 atom stereocenters. The van der Waals surface area contributed by atoms with Crippen molar-refractivity contribution in [1.29, 1.82) is 0 Å². The highest BCUT2D eigenvalue weighted by Crippen LogP contribution is 2.46. The van der Waals surface area contributed by atoms with Gasteiger partial charge < -0.3 is 0 Å². The molecule has 2 saturated carbocycles. The Hall–Kier alpha value is 0. The monoisotopic (exact) mass is 152 g/mol. The second kappa shape index (κ2) is 2.80. The lowest BCUT2D eigenvalue weighted by Crippen LogP contribution is -2.19. The highest BCUT2D eigenvalue weighted by molar-refractivity contribution is 4.86. The summed E-state index contributed by atoms with van der Waals surface area (Å²) >= 11 is 0. The molecule has 2 bridgehead atoms. The van der Waals surface area contributed by atoms with Crippen molar-refractivity contribution in [1.82, 2.24) is 0 Å². The Balaban J connectivity index is 1.97. The van der Waals surface area contributed by atoms with Crippen LogP contribution in [0.25, 0.3) is 0 Å². The molecule has 0 aromatic carbocycles. The summed E-state index contributed by atoms with van der Waals surface area (Å²) in [5.41, 5.74) is 0. The van der Waals surface area contributed by atoms with Crippen LogP contribution in [0.2, 0.25) is 0 Å². The molecule has 11 heavy (non-hydrogen) atoms. The minimum absolute atomic E-state index is 0.943. The first kappa shape index (κ1) is 7.64. The fourth-order valence-corrected chi connectivity index (χ4v) is 3.10. The standard InChI is InChI=1S/C11H20/c1-8(2)11-6-9-3-4-10(5-9)7-11/h8-11H,3-7H2,1-2H3/t9-,10+,11?. The van der Waals surface area contributed by atoms with Crippen molar-refractivity contribution in [2.45, 2.75) is 46.0 Å². The quantitative estimate of drug-likeness (QED) is 0.539. The third kappa shape index (κ3) is 1.45. The van der Waals surface area contributed by atoms with E-state index in [0.717, 1.165) is 23.7 Å². The molecule has 0 heterocycles. The van der Waals surface area contributed by atoms with Gasteiger partial charge in [0.25, 0.3) is 0 Å². The van der Waals surface area contributed by atoms with Gasteiger partial charge in [-0.15, -0.1) is 0 Å². The molecule has 2 aliphatic carbocycles. The first-order chi connectivity index (χ1) is 5.25. The summed E-state index contributed by atoms with van der Waals surface area (Å²) in [6.07, 6.45) is 7.77. The van der Waals surface area contributed by atoms with Crippen LogP contribution in [0.3, 0.4) is 0 Å². The Labute approximate surface area is 70.4 Å². The Kier molecular flexibility index (Phi) is 1.95. The topological polar surface area (TPSA) is 0 Å². The van der Waals surface area contributed by atoms with Gasteiger partial charge in [0.15, 0.2) is 0 Å². The van der Waals surface area contributed by atoms with Gasteiger partial charge in [-0.05, 0) is 42.9 Å². The van der Waals surface area contributed by atoms with E-state index in [0.29, 0.717) is 0 Å². The molecular weight excluding hydrogens is 132 g/mol. The lowest BCUT2D eigenvalue weighted by atomic mass is 9.76. The molecule has 0 heteroatoms. The fraction of sp³-hybridized carbons (Fsp3) is 1.00. The van der Waals surface area contributed by atoms with E-state index in [9.17, 15) is 0 Å². The molecule has 0 aromatic heterocycles. The van der Waals surface area contributed by atoms with Crippen molar-refractivity contribution in [2.24, 2.45) is 23.7 Å². The zero-order chi connectivity index (χ0) is 7.84. The summed E-state index contributed by atoms with van der Waals surface area (Å²) in [6, 6.07) is 0. The molecule has 0 nitrogen and oxygen atoms in total. The van der Waals surface area contributed by atoms with E-state index < -0.39 is 0 Å². The Morgan fingerprint density at radius 2 is 1.45 bits per heavy atom. The smallest absolute Gasteiger partial charge is 0.0386 e. The lowest BCUT2D eigenvalue weighted by molar-refractivity contribution is 0.208. The first-order valence-electron chi connectivity index (χ1n) is 5.25. The van der Waals surface area contributed by atoms with Crippen molar-refractivity contribution in [3.8, 4) is 0 Å². The van der Waals surface area contributed by atoms with Crippen molar-refractivity contribution in [3.63, 3.8) is 0 Å². The Morgan fingerprint density at radius 3 is 1.91 bits per heavy atom. The zero-order valence-electron chi connectivity index (χ0n) is 7.84. The second-order valence-electron chi connectivity index (χ2n) is 5.02. The second-order valence-corrected chi connectivity index (χ2v) is 5.02. The van der Waals surface area contributed by atoms with Crippen molar-refractivity contribution < 1.29 is 0 Å². The molecule has 2 aliphatic rings. The van der Waals surface area contributed by atoms with Gasteiger partial charge in [0.2, 0.25) is 0 Å². The van der Waals surface area contributed by atoms with E-state index in [1.54, 1.807) is 32.1 Å².